The van der Waals surface area contributed by atoms with Gasteiger partial charge < -0.3 is 10.2 Å². The number of hydrogen-bond donors (Lipinski definition) is 1. The number of nitrogens with zero attached hydrogens (tertiary/aromatic N) is 3. The van der Waals surface area contributed by atoms with Crippen LogP contribution in [0, 0.1) is 13.8 Å². The maximum absolute atomic E-state index is 13.4. The van der Waals surface area contributed by atoms with Crippen LogP contribution in [0.4, 0.5) is 11.5 Å². The van der Waals surface area contributed by atoms with Crippen molar-refractivity contribution < 1.29 is 9.59 Å². The van der Waals surface area contributed by atoms with Crippen LogP contribution in [0.1, 0.15) is 28.7 Å². The van der Waals surface area contributed by atoms with Crippen LogP contribution in [0.3, 0.4) is 0 Å². The first kappa shape index (κ1) is 16.7. The molecule has 28 heavy (non-hydrogen) atoms. The highest BCUT2D eigenvalue weighted by Gasteiger charge is 2.56. The Hall–Kier alpha value is -3.41. The number of amides is 2. The van der Waals surface area contributed by atoms with Crippen molar-refractivity contribution in [1.82, 2.24) is 9.78 Å². The fraction of sp³-hybridized carbons (Fsp3) is 0.227. The van der Waals surface area contributed by atoms with Gasteiger partial charge in [-0.25, -0.2) is 4.68 Å². The molecule has 0 radical (unpaired) electrons. The molecule has 0 aliphatic carbocycles. The highest BCUT2D eigenvalue weighted by Crippen LogP contribution is 2.51. The molecule has 1 N–H and O–H groups in total. The number of fused-ring (bicyclic) bond motifs is 4. The molecule has 1 spiro atoms. The second-order valence-corrected chi connectivity index (χ2v) is 7.55. The maximum atomic E-state index is 13.4. The van der Waals surface area contributed by atoms with E-state index < -0.39 is 5.41 Å². The Bertz CT molecular complexity index is 1160. The van der Waals surface area contributed by atoms with Crippen molar-refractivity contribution in [1.29, 1.82) is 0 Å². The highest BCUT2D eigenvalue weighted by molar-refractivity contribution is 6.15. The van der Waals surface area contributed by atoms with Gasteiger partial charge in [-0.3, -0.25) is 9.59 Å². The molecule has 6 nitrogen and oxygen atoms in total. The molecule has 5 rings (SSSR count). The molecule has 2 aliphatic rings. The Balaban J connectivity index is 1.80. The van der Waals surface area contributed by atoms with E-state index in [9.17, 15) is 9.59 Å². The van der Waals surface area contributed by atoms with Crippen LogP contribution in [-0.4, -0.2) is 28.6 Å². The standard InChI is InChI=1S/C22H20N4O2/c1-13-7-6-10-17(14(13)2)26-20-16(12-23-26)22(11-19(27)24-20)15-8-4-5-9-18(15)25(3)21(22)28/h4-10,12H,11H2,1-3H3,(H,24,27). The molecule has 0 bridgehead atoms. The van der Waals surface area contributed by atoms with E-state index in [1.54, 1.807) is 22.8 Å². The van der Waals surface area contributed by atoms with Gasteiger partial charge in [0, 0.05) is 24.7 Å². The predicted molar refractivity (Wildman–Crippen MR) is 107 cm³/mol. The van der Waals surface area contributed by atoms with Crippen molar-refractivity contribution >= 4 is 23.3 Å². The molecule has 0 fully saturated rings. The van der Waals surface area contributed by atoms with Crippen molar-refractivity contribution in [3.05, 3.63) is 70.9 Å². The molecule has 0 saturated carbocycles. The smallest absolute Gasteiger partial charge is 0.242 e. The molecule has 3 heterocycles. The van der Waals surface area contributed by atoms with Crippen LogP contribution >= 0.6 is 0 Å². The van der Waals surface area contributed by atoms with E-state index >= 15 is 0 Å². The number of carbonyl (C=O) groups excluding carboxylic acids is 2. The molecule has 0 saturated heterocycles. The number of anilines is 2. The average Bonchev–Trinajstić information content (AvgIpc) is 3.19. The van der Waals surface area contributed by atoms with Crippen LogP contribution in [0.5, 0.6) is 0 Å². The lowest BCUT2D eigenvalue weighted by molar-refractivity contribution is -0.126. The zero-order chi connectivity index (χ0) is 19.6. The van der Waals surface area contributed by atoms with Gasteiger partial charge in [0.1, 0.15) is 11.2 Å². The van der Waals surface area contributed by atoms with E-state index in [-0.39, 0.29) is 18.2 Å². The Morgan fingerprint density at radius 2 is 1.75 bits per heavy atom. The number of benzene rings is 2. The van der Waals surface area contributed by atoms with Gasteiger partial charge in [-0.05, 0) is 42.7 Å². The van der Waals surface area contributed by atoms with Gasteiger partial charge in [0.2, 0.25) is 11.8 Å². The summed E-state index contributed by atoms with van der Waals surface area (Å²) < 4.78 is 1.74. The summed E-state index contributed by atoms with van der Waals surface area (Å²) in [5.41, 5.74) is 4.53. The number of aromatic nitrogens is 2. The normalized spacial score (nSPS) is 20.3. The lowest BCUT2D eigenvalue weighted by Gasteiger charge is -2.32. The SMILES string of the molecule is Cc1cccc(-n2ncc3c2NC(=O)CC32C(=O)N(C)c3ccccc32)c1C. The third kappa shape index (κ3) is 1.94. The molecule has 2 aromatic carbocycles. The second-order valence-electron chi connectivity index (χ2n) is 7.55. The highest BCUT2D eigenvalue weighted by atomic mass is 16.2. The zero-order valence-corrected chi connectivity index (χ0v) is 16.0. The average molecular weight is 372 g/mol. The van der Waals surface area contributed by atoms with E-state index in [4.69, 9.17) is 0 Å². The van der Waals surface area contributed by atoms with Crippen molar-refractivity contribution in [2.75, 3.05) is 17.3 Å². The molecule has 1 atom stereocenters. The Kier molecular flexibility index (Phi) is 3.32. The van der Waals surface area contributed by atoms with Crippen molar-refractivity contribution in [2.45, 2.75) is 25.7 Å². The molecule has 1 aromatic heterocycles. The summed E-state index contributed by atoms with van der Waals surface area (Å²) in [6, 6.07) is 13.7. The second kappa shape index (κ2) is 5.55. The van der Waals surface area contributed by atoms with Gasteiger partial charge in [0.15, 0.2) is 0 Å². The van der Waals surface area contributed by atoms with Gasteiger partial charge in [-0.1, -0.05) is 30.3 Å². The third-order valence-electron chi connectivity index (χ3n) is 6.11. The molecule has 1 unspecified atom stereocenters. The summed E-state index contributed by atoms with van der Waals surface area (Å²) in [5.74, 6) is 0.298. The number of hydrogen-bond acceptors (Lipinski definition) is 3. The lowest BCUT2D eigenvalue weighted by atomic mass is 9.72. The summed E-state index contributed by atoms with van der Waals surface area (Å²) in [6.07, 6.45) is 1.81. The number of nitrogens with one attached hydrogen (secondary N) is 1. The van der Waals surface area contributed by atoms with E-state index in [2.05, 4.69) is 10.4 Å². The zero-order valence-electron chi connectivity index (χ0n) is 16.0. The van der Waals surface area contributed by atoms with Gasteiger partial charge in [0.25, 0.3) is 0 Å². The minimum Gasteiger partial charge on any atom is -0.314 e. The first-order valence-electron chi connectivity index (χ1n) is 9.28. The maximum Gasteiger partial charge on any atom is 0.242 e. The van der Waals surface area contributed by atoms with E-state index in [1.165, 1.54) is 0 Å². The molecular weight excluding hydrogens is 352 g/mol. The molecule has 140 valence electrons. The molecule has 6 heteroatoms. The molecule has 2 amide bonds. The van der Waals surface area contributed by atoms with Crippen LogP contribution in [-0.2, 0) is 15.0 Å². The Morgan fingerprint density at radius 1 is 1.00 bits per heavy atom. The minimum atomic E-state index is -1.03. The number of para-hydroxylation sites is 1. The van der Waals surface area contributed by atoms with Gasteiger partial charge in [0.05, 0.1) is 11.9 Å². The molecular formula is C22H20N4O2. The van der Waals surface area contributed by atoms with E-state index in [0.29, 0.717) is 5.82 Å². The van der Waals surface area contributed by atoms with Crippen molar-refractivity contribution in [3.8, 4) is 5.69 Å². The quantitative estimate of drug-likeness (QED) is 0.714. The number of rotatable bonds is 1. The first-order valence-corrected chi connectivity index (χ1v) is 9.28. The van der Waals surface area contributed by atoms with Crippen molar-refractivity contribution in [3.63, 3.8) is 0 Å². The lowest BCUT2D eigenvalue weighted by Crippen LogP contribution is -2.45. The number of carbonyl (C=O) groups is 2. The van der Waals surface area contributed by atoms with E-state index in [1.807, 2.05) is 56.3 Å². The van der Waals surface area contributed by atoms with Crippen LogP contribution in [0.25, 0.3) is 5.69 Å². The van der Waals surface area contributed by atoms with E-state index in [0.717, 1.165) is 33.6 Å². The number of likely N-dealkylation sites (N-methyl/N-ethyl adjacent to an activating group) is 1. The summed E-state index contributed by atoms with van der Waals surface area (Å²) in [4.78, 5) is 27.8. The van der Waals surface area contributed by atoms with Crippen LogP contribution in [0.2, 0.25) is 0 Å². The first-order chi connectivity index (χ1) is 13.4. The van der Waals surface area contributed by atoms with Gasteiger partial charge >= 0.3 is 0 Å². The summed E-state index contributed by atoms with van der Waals surface area (Å²) >= 11 is 0. The monoisotopic (exact) mass is 372 g/mol. The van der Waals surface area contributed by atoms with Crippen LogP contribution < -0.4 is 10.2 Å². The Morgan fingerprint density at radius 3 is 2.57 bits per heavy atom. The summed E-state index contributed by atoms with van der Waals surface area (Å²) in [5, 5.41) is 7.55. The summed E-state index contributed by atoms with van der Waals surface area (Å²) in [7, 11) is 1.76. The largest absolute Gasteiger partial charge is 0.314 e. The van der Waals surface area contributed by atoms with Crippen LogP contribution in [0.15, 0.2) is 48.7 Å². The minimum absolute atomic E-state index is 0.0820. The fourth-order valence-electron chi connectivity index (χ4n) is 4.51. The van der Waals surface area contributed by atoms with Gasteiger partial charge in [-0.15, -0.1) is 0 Å². The predicted octanol–water partition coefficient (Wildman–Crippen LogP) is 3.09. The number of aryl methyl sites for hydroxylation is 1. The third-order valence-corrected chi connectivity index (χ3v) is 6.11. The molecule has 2 aliphatic heterocycles. The molecule has 3 aromatic rings. The van der Waals surface area contributed by atoms with Gasteiger partial charge in [-0.2, -0.15) is 5.10 Å². The topological polar surface area (TPSA) is 67.2 Å². The Labute approximate surface area is 162 Å². The fourth-order valence-corrected chi connectivity index (χ4v) is 4.51. The van der Waals surface area contributed by atoms with Crippen molar-refractivity contribution in [2.24, 2.45) is 0 Å². The summed E-state index contributed by atoms with van der Waals surface area (Å²) in [6.45, 7) is 4.07.